The number of aliphatic hydroxyl groups is 1. The fourth-order valence-electron chi connectivity index (χ4n) is 3.13. The molecule has 1 aliphatic heterocycles. The second-order valence-electron chi connectivity index (χ2n) is 6.38. The highest BCUT2D eigenvalue weighted by Crippen LogP contribution is 2.36. The van der Waals surface area contributed by atoms with Crippen LogP contribution in [0.3, 0.4) is 0 Å². The Bertz CT molecular complexity index is 940. The summed E-state index contributed by atoms with van der Waals surface area (Å²) in [5, 5.41) is 12.2. The third-order valence-corrected chi connectivity index (χ3v) is 5.34. The predicted molar refractivity (Wildman–Crippen MR) is 106 cm³/mol. The summed E-state index contributed by atoms with van der Waals surface area (Å²) in [7, 11) is 0. The van der Waals surface area contributed by atoms with Crippen LogP contribution in [0.5, 0.6) is 5.75 Å². The van der Waals surface area contributed by atoms with Crippen molar-refractivity contribution >= 4 is 22.9 Å². The van der Waals surface area contributed by atoms with Crippen LogP contribution < -0.4 is 9.64 Å². The maximum Gasteiger partial charge on any atom is 0.265 e. The lowest BCUT2D eigenvalue weighted by Gasteiger charge is -2.29. The Morgan fingerprint density at radius 2 is 2.04 bits per heavy atom. The van der Waals surface area contributed by atoms with Crippen LogP contribution >= 0.6 is 11.3 Å². The molecule has 0 fully saturated rings. The molecule has 0 saturated heterocycles. The van der Waals surface area contributed by atoms with Crippen LogP contribution in [0.1, 0.15) is 17.0 Å². The van der Waals surface area contributed by atoms with Gasteiger partial charge in [-0.25, -0.2) is 4.98 Å². The molecule has 4 rings (SSSR count). The Morgan fingerprint density at radius 1 is 1.19 bits per heavy atom. The summed E-state index contributed by atoms with van der Waals surface area (Å²) >= 11 is 1.64. The minimum absolute atomic E-state index is 0.0374. The molecule has 1 amide bonds. The molecule has 0 aliphatic carbocycles. The number of carbonyl (C=O) groups is 1. The first-order valence-electron chi connectivity index (χ1n) is 8.91. The molecule has 1 aromatic heterocycles. The van der Waals surface area contributed by atoms with Gasteiger partial charge in [0.15, 0.2) is 6.61 Å². The van der Waals surface area contributed by atoms with Gasteiger partial charge in [0, 0.05) is 30.5 Å². The first kappa shape index (κ1) is 17.7. The standard InChI is InChI=1S/C21H20N2O3S/c24-10-4-9-23-18-12-16(7-8-19(18)26-13-21(23)25)17-14-27-20(22-17)11-15-5-2-1-3-6-15/h1-3,5-8,12,14,24H,4,9-11,13H2. The molecular weight excluding hydrogens is 360 g/mol. The lowest BCUT2D eigenvalue weighted by atomic mass is 10.1. The molecule has 2 heterocycles. The molecule has 0 atom stereocenters. The molecule has 3 aromatic rings. The van der Waals surface area contributed by atoms with Crippen LogP contribution in [0.2, 0.25) is 0 Å². The average Bonchev–Trinajstić information content (AvgIpc) is 3.16. The summed E-state index contributed by atoms with van der Waals surface area (Å²) in [6.45, 7) is 0.565. The molecule has 0 spiro atoms. The Balaban J connectivity index is 1.60. The van der Waals surface area contributed by atoms with Crippen LogP contribution in [0.15, 0.2) is 53.9 Å². The van der Waals surface area contributed by atoms with Crippen molar-refractivity contribution in [2.45, 2.75) is 12.8 Å². The minimum Gasteiger partial charge on any atom is -0.482 e. The molecule has 1 aliphatic rings. The lowest BCUT2D eigenvalue weighted by Crippen LogP contribution is -2.39. The van der Waals surface area contributed by atoms with Gasteiger partial charge in [-0.15, -0.1) is 11.3 Å². The summed E-state index contributed by atoms with van der Waals surface area (Å²) in [6, 6.07) is 16.1. The van der Waals surface area contributed by atoms with Gasteiger partial charge in [0.2, 0.25) is 0 Å². The van der Waals surface area contributed by atoms with E-state index in [1.807, 2.05) is 41.8 Å². The fraction of sp³-hybridized carbons (Fsp3) is 0.238. The van der Waals surface area contributed by atoms with Crippen LogP contribution in [-0.2, 0) is 11.2 Å². The lowest BCUT2D eigenvalue weighted by molar-refractivity contribution is -0.121. The van der Waals surface area contributed by atoms with Crippen LogP contribution in [-0.4, -0.2) is 35.8 Å². The van der Waals surface area contributed by atoms with Gasteiger partial charge in [0.25, 0.3) is 5.91 Å². The number of hydrogen-bond acceptors (Lipinski definition) is 5. The van der Waals surface area contributed by atoms with E-state index in [-0.39, 0.29) is 19.1 Å². The molecule has 0 saturated carbocycles. The summed E-state index contributed by atoms with van der Waals surface area (Å²) in [5.41, 5.74) is 3.83. The predicted octanol–water partition coefficient (Wildman–Crippen LogP) is 3.51. The minimum atomic E-state index is -0.0869. The molecule has 2 aromatic carbocycles. The van der Waals surface area contributed by atoms with Crippen molar-refractivity contribution in [3.63, 3.8) is 0 Å². The fourth-order valence-corrected chi connectivity index (χ4v) is 3.97. The zero-order valence-corrected chi connectivity index (χ0v) is 15.6. The quantitative estimate of drug-likeness (QED) is 0.711. The van der Waals surface area contributed by atoms with E-state index in [1.54, 1.807) is 16.2 Å². The van der Waals surface area contributed by atoms with Crippen LogP contribution in [0.4, 0.5) is 5.69 Å². The molecule has 0 bridgehead atoms. The number of hydrogen-bond donors (Lipinski definition) is 1. The summed E-state index contributed by atoms with van der Waals surface area (Å²) < 4.78 is 5.55. The van der Waals surface area contributed by atoms with E-state index in [0.29, 0.717) is 18.7 Å². The van der Waals surface area contributed by atoms with E-state index in [2.05, 4.69) is 12.1 Å². The number of benzene rings is 2. The third-order valence-electron chi connectivity index (χ3n) is 4.49. The molecule has 0 unspecified atom stereocenters. The number of anilines is 1. The number of ether oxygens (including phenoxy) is 1. The van der Waals surface area contributed by atoms with Gasteiger partial charge < -0.3 is 14.7 Å². The highest BCUT2D eigenvalue weighted by molar-refractivity contribution is 7.10. The van der Waals surface area contributed by atoms with Gasteiger partial charge in [-0.3, -0.25) is 4.79 Å². The highest BCUT2D eigenvalue weighted by Gasteiger charge is 2.25. The van der Waals surface area contributed by atoms with E-state index in [9.17, 15) is 4.79 Å². The summed E-state index contributed by atoms with van der Waals surface area (Å²) in [6.07, 6.45) is 1.34. The maximum absolute atomic E-state index is 12.2. The molecule has 27 heavy (non-hydrogen) atoms. The monoisotopic (exact) mass is 380 g/mol. The highest BCUT2D eigenvalue weighted by atomic mass is 32.1. The van der Waals surface area contributed by atoms with Gasteiger partial charge in [0.1, 0.15) is 5.75 Å². The zero-order chi connectivity index (χ0) is 18.6. The number of carbonyl (C=O) groups excluding carboxylic acids is 1. The second kappa shape index (κ2) is 7.90. The van der Waals surface area contributed by atoms with Crippen molar-refractivity contribution in [2.24, 2.45) is 0 Å². The normalized spacial score (nSPS) is 13.4. The number of rotatable bonds is 6. The van der Waals surface area contributed by atoms with Crippen LogP contribution in [0.25, 0.3) is 11.3 Å². The van der Waals surface area contributed by atoms with Crippen molar-refractivity contribution in [1.82, 2.24) is 4.98 Å². The van der Waals surface area contributed by atoms with Gasteiger partial charge >= 0.3 is 0 Å². The van der Waals surface area contributed by atoms with E-state index in [0.717, 1.165) is 28.4 Å². The van der Waals surface area contributed by atoms with Crippen molar-refractivity contribution < 1.29 is 14.6 Å². The van der Waals surface area contributed by atoms with Crippen LogP contribution in [0, 0.1) is 0 Å². The first-order valence-corrected chi connectivity index (χ1v) is 9.79. The van der Waals surface area contributed by atoms with E-state index >= 15 is 0 Å². The summed E-state index contributed by atoms with van der Waals surface area (Å²) in [5.74, 6) is 0.604. The third kappa shape index (κ3) is 3.86. The van der Waals surface area contributed by atoms with Crippen molar-refractivity contribution in [1.29, 1.82) is 0 Å². The first-order chi connectivity index (χ1) is 13.2. The van der Waals surface area contributed by atoms with Gasteiger partial charge in [0.05, 0.1) is 16.4 Å². The van der Waals surface area contributed by atoms with E-state index in [1.165, 1.54) is 5.56 Å². The van der Waals surface area contributed by atoms with E-state index < -0.39 is 0 Å². The number of amides is 1. The smallest absolute Gasteiger partial charge is 0.265 e. The maximum atomic E-state index is 12.2. The second-order valence-corrected chi connectivity index (χ2v) is 7.33. The Kier molecular flexibility index (Phi) is 5.18. The molecule has 6 heteroatoms. The van der Waals surface area contributed by atoms with Gasteiger partial charge in [-0.05, 0) is 30.2 Å². The molecular formula is C21H20N2O3S. The van der Waals surface area contributed by atoms with Gasteiger partial charge in [-0.2, -0.15) is 0 Å². The van der Waals surface area contributed by atoms with Gasteiger partial charge in [-0.1, -0.05) is 30.3 Å². The molecule has 0 radical (unpaired) electrons. The summed E-state index contributed by atoms with van der Waals surface area (Å²) in [4.78, 5) is 18.7. The van der Waals surface area contributed by atoms with Crippen molar-refractivity contribution in [3.05, 3.63) is 64.5 Å². The number of aliphatic hydroxyl groups excluding tert-OH is 1. The van der Waals surface area contributed by atoms with Crippen molar-refractivity contribution in [3.8, 4) is 17.0 Å². The Hall–Kier alpha value is -2.70. The SMILES string of the molecule is O=C1COc2ccc(-c3csc(Cc4ccccc4)n3)cc2N1CCCO. The number of thiazole rings is 1. The number of fused-ring (bicyclic) bond motifs is 1. The molecule has 138 valence electrons. The van der Waals surface area contributed by atoms with E-state index in [4.69, 9.17) is 14.8 Å². The largest absolute Gasteiger partial charge is 0.482 e. The molecule has 1 N–H and O–H groups in total. The Morgan fingerprint density at radius 3 is 2.85 bits per heavy atom. The number of nitrogens with zero attached hydrogens (tertiary/aromatic N) is 2. The topological polar surface area (TPSA) is 62.7 Å². The zero-order valence-electron chi connectivity index (χ0n) is 14.8. The molecule has 5 nitrogen and oxygen atoms in total. The Labute approximate surface area is 161 Å². The number of aromatic nitrogens is 1. The van der Waals surface area contributed by atoms with Crippen molar-refractivity contribution in [2.75, 3.05) is 24.7 Å². The average molecular weight is 380 g/mol.